The lowest BCUT2D eigenvalue weighted by molar-refractivity contribution is 0.0748. The van der Waals surface area contributed by atoms with Gasteiger partial charge in [-0.3, -0.25) is 9.78 Å². The van der Waals surface area contributed by atoms with Crippen molar-refractivity contribution in [2.75, 3.05) is 31.1 Å². The second-order valence-electron chi connectivity index (χ2n) is 6.74. The van der Waals surface area contributed by atoms with Crippen molar-refractivity contribution >= 4 is 17.2 Å². The molecule has 0 aromatic carbocycles. The predicted molar refractivity (Wildman–Crippen MR) is 99.6 cm³/mol. The minimum atomic E-state index is 0.0426. The van der Waals surface area contributed by atoms with Gasteiger partial charge in [-0.2, -0.15) is 5.10 Å². The Morgan fingerprint density at radius 3 is 2.62 bits per heavy atom. The molecule has 3 aromatic rings. The number of aromatic nitrogens is 4. The van der Waals surface area contributed by atoms with Crippen molar-refractivity contribution in [1.29, 1.82) is 0 Å². The summed E-state index contributed by atoms with van der Waals surface area (Å²) < 4.78 is 1.77. The lowest BCUT2D eigenvalue weighted by Gasteiger charge is -2.35. The predicted octanol–water partition coefficient (Wildman–Crippen LogP) is 2.01. The Bertz CT molecular complexity index is 971. The van der Waals surface area contributed by atoms with E-state index in [0.717, 1.165) is 41.4 Å². The van der Waals surface area contributed by atoms with Crippen molar-refractivity contribution in [3.05, 3.63) is 53.2 Å². The average Bonchev–Trinajstić information content (AvgIpc) is 3.09. The molecule has 4 rings (SSSR count). The average molecular weight is 350 g/mol. The van der Waals surface area contributed by atoms with E-state index in [1.165, 1.54) is 0 Å². The molecular weight excluding hydrogens is 328 g/mol. The number of pyridine rings is 1. The molecule has 0 saturated carbocycles. The molecule has 0 aliphatic carbocycles. The number of hydrogen-bond donors (Lipinski definition) is 0. The summed E-state index contributed by atoms with van der Waals surface area (Å²) in [4.78, 5) is 26.1. The minimum Gasteiger partial charge on any atom is -0.352 e. The van der Waals surface area contributed by atoms with Gasteiger partial charge in [-0.25, -0.2) is 9.50 Å². The van der Waals surface area contributed by atoms with Crippen LogP contribution in [0.1, 0.15) is 27.3 Å². The Morgan fingerprint density at radius 2 is 1.85 bits per heavy atom. The highest BCUT2D eigenvalue weighted by molar-refractivity contribution is 6.01. The van der Waals surface area contributed by atoms with Gasteiger partial charge < -0.3 is 9.80 Å². The van der Waals surface area contributed by atoms with E-state index in [2.05, 4.69) is 20.0 Å². The smallest absolute Gasteiger partial charge is 0.257 e. The van der Waals surface area contributed by atoms with E-state index in [4.69, 9.17) is 0 Å². The first-order valence-electron chi connectivity index (χ1n) is 8.82. The van der Waals surface area contributed by atoms with E-state index in [-0.39, 0.29) is 5.91 Å². The number of rotatable bonds is 2. The van der Waals surface area contributed by atoms with Gasteiger partial charge in [-0.05, 0) is 32.4 Å². The maximum absolute atomic E-state index is 13.0. The maximum atomic E-state index is 13.0. The summed E-state index contributed by atoms with van der Waals surface area (Å²) in [5.74, 6) is 0.963. The van der Waals surface area contributed by atoms with E-state index >= 15 is 0 Å². The summed E-state index contributed by atoms with van der Waals surface area (Å²) in [7, 11) is 0. The zero-order chi connectivity index (χ0) is 18.3. The largest absolute Gasteiger partial charge is 0.352 e. The summed E-state index contributed by atoms with van der Waals surface area (Å²) in [6.07, 6.45) is 5.33. The highest BCUT2D eigenvalue weighted by Crippen LogP contribution is 2.21. The third kappa shape index (κ3) is 2.79. The normalized spacial score (nSPS) is 14.9. The van der Waals surface area contributed by atoms with Crippen LogP contribution in [0.2, 0.25) is 0 Å². The van der Waals surface area contributed by atoms with Gasteiger partial charge in [0, 0.05) is 38.6 Å². The zero-order valence-electron chi connectivity index (χ0n) is 15.3. The van der Waals surface area contributed by atoms with E-state index < -0.39 is 0 Å². The molecule has 0 N–H and O–H groups in total. The van der Waals surface area contributed by atoms with Crippen LogP contribution >= 0.6 is 0 Å². The first-order valence-corrected chi connectivity index (χ1v) is 8.82. The third-order valence-electron chi connectivity index (χ3n) is 4.89. The quantitative estimate of drug-likeness (QED) is 0.707. The van der Waals surface area contributed by atoms with Crippen molar-refractivity contribution in [2.24, 2.45) is 0 Å². The molecule has 0 unspecified atom stereocenters. The number of nitrogens with zero attached hydrogens (tertiary/aromatic N) is 6. The second kappa shape index (κ2) is 6.40. The molecule has 1 amide bonds. The van der Waals surface area contributed by atoms with Crippen LogP contribution in [0.25, 0.3) is 5.52 Å². The summed E-state index contributed by atoms with van der Waals surface area (Å²) >= 11 is 0. The molecule has 3 aromatic heterocycles. The molecule has 0 bridgehead atoms. The Balaban J connectivity index is 1.52. The van der Waals surface area contributed by atoms with Crippen LogP contribution in [0, 0.1) is 20.8 Å². The Labute approximate surface area is 152 Å². The molecular formula is C19H22N6O. The fraction of sp³-hybridized carbons (Fsp3) is 0.368. The third-order valence-corrected chi connectivity index (χ3v) is 4.89. The summed E-state index contributed by atoms with van der Waals surface area (Å²) in [5.41, 5.74) is 4.45. The first kappa shape index (κ1) is 16.5. The van der Waals surface area contributed by atoms with Crippen LogP contribution in [0.5, 0.6) is 0 Å². The lowest BCUT2D eigenvalue weighted by atomic mass is 10.1. The fourth-order valence-corrected chi connectivity index (χ4v) is 3.49. The van der Waals surface area contributed by atoms with E-state index in [9.17, 15) is 4.79 Å². The van der Waals surface area contributed by atoms with E-state index in [1.54, 1.807) is 16.9 Å². The van der Waals surface area contributed by atoms with Crippen LogP contribution in [0.15, 0.2) is 30.7 Å². The van der Waals surface area contributed by atoms with Gasteiger partial charge in [0.25, 0.3) is 5.91 Å². The number of amides is 1. The Hall–Kier alpha value is -2.96. The molecule has 7 heteroatoms. The SMILES string of the molecule is Cc1cnc(C)c(N2CCN(C(=O)c3cnn4cccc(C)c34)CC2)n1. The maximum Gasteiger partial charge on any atom is 0.257 e. The van der Waals surface area contributed by atoms with Crippen LogP contribution in [0.4, 0.5) is 5.82 Å². The van der Waals surface area contributed by atoms with Crippen molar-refractivity contribution in [3.8, 4) is 0 Å². The molecule has 26 heavy (non-hydrogen) atoms. The molecule has 1 aliphatic rings. The van der Waals surface area contributed by atoms with Crippen molar-refractivity contribution in [1.82, 2.24) is 24.5 Å². The van der Waals surface area contributed by atoms with Crippen molar-refractivity contribution in [3.63, 3.8) is 0 Å². The van der Waals surface area contributed by atoms with Crippen molar-refractivity contribution < 1.29 is 4.79 Å². The first-order chi connectivity index (χ1) is 12.5. The summed E-state index contributed by atoms with van der Waals surface area (Å²) in [6.45, 7) is 8.76. The Kier molecular flexibility index (Phi) is 4.06. The highest BCUT2D eigenvalue weighted by Gasteiger charge is 2.26. The zero-order valence-corrected chi connectivity index (χ0v) is 15.3. The lowest BCUT2D eigenvalue weighted by Crippen LogP contribution is -2.49. The topological polar surface area (TPSA) is 66.6 Å². The van der Waals surface area contributed by atoms with Crippen LogP contribution < -0.4 is 4.90 Å². The van der Waals surface area contributed by atoms with Gasteiger partial charge in [0.05, 0.1) is 28.7 Å². The van der Waals surface area contributed by atoms with E-state index in [1.807, 2.05) is 44.0 Å². The van der Waals surface area contributed by atoms with Crippen molar-refractivity contribution in [2.45, 2.75) is 20.8 Å². The van der Waals surface area contributed by atoms with E-state index in [0.29, 0.717) is 18.7 Å². The van der Waals surface area contributed by atoms with Gasteiger partial charge in [0.2, 0.25) is 0 Å². The molecule has 4 heterocycles. The van der Waals surface area contributed by atoms with Crippen LogP contribution in [-0.4, -0.2) is 56.6 Å². The molecule has 1 fully saturated rings. The molecule has 7 nitrogen and oxygen atoms in total. The monoisotopic (exact) mass is 350 g/mol. The molecule has 1 saturated heterocycles. The van der Waals surface area contributed by atoms with Gasteiger partial charge in [0.1, 0.15) is 5.82 Å². The van der Waals surface area contributed by atoms with Crippen LogP contribution in [-0.2, 0) is 0 Å². The minimum absolute atomic E-state index is 0.0426. The molecule has 0 radical (unpaired) electrons. The van der Waals surface area contributed by atoms with Gasteiger partial charge in [-0.1, -0.05) is 6.07 Å². The molecule has 0 spiro atoms. The standard InChI is InChI=1S/C19H22N6O/c1-13-5-4-6-25-17(13)16(12-21-25)19(26)24-9-7-23(8-10-24)18-15(3)20-11-14(2)22-18/h4-6,11-12H,7-10H2,1-3H3. The number of carbonyl (C=O) groups excluding carboxylic acids is 1. The number of aryl methyl sites for hydroxylation is 3. The van der Waals surface area contributed by atoms with Crippen LogP contribution in [0.3, 0.4) is 0 Å². The number of piperazine rings is 1. The fourth-order valence-electron chi connectivity index (χ4n) is 3.49. The molecule has 0 atom stereocenters. The second-order valence-corrected chi connectivity index (χ2v) is 6.74. The van der Waals surface area contributed by atoms with Gasteiger partial charge in [0.15, 0.2) is 0 Å². The highest BCUT2D eigenvalue weighted by atomic mass is 16.2. The molecule has 1 aliphatic heterocycles. The number of fused-ring (bicyclic) bond motifs is 1. The number of anilines is 1. The molecule has 134 valence electrons. The summed E-state index contributed by atoms with van der Waals surface area (Å²) in [6, 6.07) is 3.94. The summed E-state index contributed by atoms with van der Waals surface area (Å²) in [5, 5.41) is 4.32. The van der Waals surface area contributed by atoms with Gasteiger partial charge >= 0.3 is 0 Å². The number of carbonyl (C=O) groups is 1. The van der Waals surface area contributed by atoms with Gasteiger partial charge in [-0.15, -0.1) is 0 Å². The Morgan fingerprint density at radius 1 is 1.08 bits per heavy atom. The number of hydrogen-bond acceptors (Lipinski definition) is 5.